The minimum atomic E-state index is -3.79. The van der Waals surface area contributed by atoms with Crippen molar-refractivity contribution in [2.24, 2.45) is 0 Å². The van der Waals surface area contributed by atoms with Gasteiger partial charge in [0.1, 0.15) is 0 Å². The highest BCUT2D eigenvalue weighted by Crippen LogP contribution is 2.26. The van der Waals surface area contributed by atoms with E-state index in [1.807, 2.05) is 30.3 Å². The number of para-hydroxylation sites is 2. The van der Waals surface area contributed by atoms with Crippen molar-refractivity contribution in [3.63, 3.8) is 0 Å². The third kappa shape index (κ3) is 4.56. The van der Waals surface area contributed by atoms with E-state index < -0.39 is 14.9 Å². The van der Waals surface area contributed by atoms with Gasteiger partial charge in [0, 0.05) is 44.1 Å². The van der Waals surface area contributed by atoms with E-state index in [1.54, 1.807) is 11.8 Å². The van der Waals surface area contributed by atoms with E-state index in [4.69, 9.17) is 4.98 Å². The number of aromatic nitrogens is 2. The number of benzene rings is 2. The maximum Gasteiger partial charge on any atom is 0.270 e. The number of sulfonamides is 1. The average Bonchev–Trinajstić information content (AvgIpc) is 3.15. The van der Waals surface area contributed by atoms with Crippen molar-refractivity contribution in [3.05, 3.63) is 71.3 Å². The molecular weight excluding hydrogens is 450 g/mol. The third-order valence-electron chi connectivity index (χ3n) is 5.29. The number of fused-ring (bicyclic) bond motifs is 1. The van der Waals surface area contributed by atoms with Gasteiger partial charge in [-0.25, -0.2) is 13.4 Å². The van der Waals surface area contributed by atoms with Gasteiger partial charge in [-0.15, -0.1) is 6.58 Å². The molecule has 32 heavy (non-hydrogen) atoms. The van der Waals surface area contributed by atoms with E-state index in [2.05, 4.69) is 16.0 Å². The van der Waals surface area contributed by atoms with Crippen molar-refractivity contribution < 1.29 is 13.3 Å². The second-order valence-electron chi connectivity index (χ2n) is 7.33. The number of nitrogens with zero attached hydrogens (tertiary/aromatic N) is 5. The summed E-state index contributed by atoms with van der Waals surface area (Å²) in [5, 5.41) is 11.9. The lowest BCUT2D eigenvalue weighted by atomic mass is 10.3. The molecule has 1 aliphatic heterocycles. The Hall–Kier alpha value is -2.73. The highest BCUT2D eigenvalue weighted by Gasteiger charge is 2.30. The van der Waals surface area contributed by atoms with Crippen LogP contribution < -0.4 is 0 Å². The summed E-state index contributed by atoms with van der Waals surface area (Å²) in [5.74, 6) is 0.749. The van der Waals surface area contributed by atoms with Crippen molar-refractivity contribution in [2.75, 3.05) is 31.9 Å². The molecule has 9 nitrogen and oxygen atoms in total. The second-order valence-corrected chi connectivity index (χ2v) is 10.3. The zero-order chi connectivity index (χ0) is 22.7. The fourth-order valence-electron chi connectivity index (χ4n) is 3.65. The quantitative estimate of drug-likeness (QED) is 0.214. The summed E-state index contributed by atoms with van der Waals surface area (Å²) in [6.45, 7) is 6.10. The van der Waals surface area contributed by atoms with Crippen molar-refractivity contribution in [2.45, 2.75) is 16.7 Å². The van der Waals surface area contributed by atoms with Gasteiger partial charge in [0.25, 0.3) is 5.69 Å². The fourth-order valence-corrected chi connectivity index (χ4v) is 5.86. The van der Waals surface area contributed by atoms with Crippen molar-refractivity contribution in [3.8, 4) is 0 Å². The van der Waals surface area contributed by atoms with Crippen LogP contribution in [0.4, 0.5) is 5.69 Å². The number of rotatable bonds is 8. The lowest BCUT2D eigenvalue weighted by Gasteiger charge is -2.34. The molecule has 0 saturated carbocycles. The molecule has 3 aromatic rings. The first-order valence-corrected chi connectivity index (χ1v) is 12.5. The van der Waals surface area contributed by atoms with Gasteiger partial charge in [0.15, 0.2) is 5.16 Å². The zero-order valence-electron chi connectivity index (χ0n) is 17.3. The number of non-ortho nitro benzene ring substituents is 1. The Balaban J connectivity index is 1.48. The summed E-state index contributed by atoms with van der Waals surface area (Å²) in [6, 6.07) is 13.1. The summed E-state index contributed by atoms with van der Waals surface area (Å²) in [7, 11) is -3.79. The minimum absolute atomic E-state index is 0.0520. The standard InChI is InChI=1S/C21H23N5O4S2/c1-2-14-31-21-22-19-8-3-4-9-20(19)25(21)16-23-10-12-24(13-11-23)32(29,30)18-7-5-6-17(15-18)26(27)28/h2-9,15H,1,10-14,16H2. The van der Waals surface area contributed by atoms with Gasteiger partial charge in [0.2, 0.25) is 10.0 Å². The first kappa shape index (κ1) is 22.5. The van der Waals surface area contributed by atoms with Crippen LogP contribution in [0.15, 0.2) is 71.2 Å². The first-order valence-electron chi connectivity index (χ1n) is 10.1. The van der Waals surface area contributed by atoms with E-state index in [1.165, 1.54) is 22.5 Å². The molecule has 1 fully saturated rings. The number of hydrogen-bond acceptors (Lipinski definition) is 7. The number of nitro groups is 1. The summed E-state index contributed by atoms with van der Waals surface area (Å²) in [6.07, 6.45) is 1.84. The number of thioether (sulfide) groups is 1. The van der Waals surface area contributed by atoms with Gasteiger partial charge in [-0.1, -0.05) is 36.0 Å². The lowest BCUT2D eigenvalue weighted by Crippen LogP contribution is -2.48. The normalized spacial score (nSPS) is 15.8. The van der Waals surface area contributed by atoms with Crippen LogP contribution in [0.5, 0.6) is 0 Å². The van der Waals surface area contributed by atoms with Crippen molar-refractivity contribution >= 4 is 38.5 Å². The van der Waals surface area contributed by atoms with E-state index in [0.29, 0.717) is 32.8 Å². The molecule has 0 bridgehead atoms. The van der Waals surface area contributed by atoms with Crippen LogP contribution in [0.2, 0.25) is 0 Å². The predicted octanol–water partition coefficient (Wildman–Crippen LogP) is 3.19. The molecule has 0 atom stereocenters. The molecule has 2 aromatic carbocycles. The van der Waals surface area contributed by atoms with Crippen molar-refractivity contribution in [1.82, 2.24) is 18.8 Å². The van der Waals surface area contributed by atoms with Crippen LogP contribution in [0.1, 0.15) is 0 Å². The molecule has 1 saturated heterocycles. The summed E-state index contributed by atoms with van der Waals surface area (Å²) >= 11 is 1.61. The van der Waals surface area contributed by atoms with Crippen LogP contribution in [0, 0.1) is 10.1 Å². The average molecular weight is 474 g/mol. The monoisotopic (exact) mass is 473 g/mol. The van der Waals surface area contributed by atoms with Gasteiger partial charge < -0.3 is 4.57 Å². The fraction of sp³-hybridized carbons (Fsp3) is 0.286. The van der Waals surface area contributed by atoms with Crippen LogP contribution in [-0.4, -0.2) is 64.0 Å². The Kier molecular flexibility index (Phi) is 6.60. The SMILES string of the molecule is C=CCSc1nc2ccccc2n1CN1CCN(S(=O)(=O)c2cccc([N+](=O)[O-])c2)CC1. The van der Waals surface area contributed by atoms with E-state index >= 15 is 0 Å². The molecule has 11 heteroatoms. The van der Waals surface area contributed by atoms with Crippen molar-refractivity contribution in [1.29, 1.82) is 0 Å². The molecular formula is C21H23N5O4S2. The molecule has 0 spiro atoms. The van der Waals surface area contributed by atoms with Gasteiger partial charge >= 0.3 is 0 Å². The molecule has 0 unspecified atom stereocenters. The van der Waals surface area contributed by atoms with Gasteiger partial charge in [-0.2, -0.15) is 4.31 Å². The van der Waals surface area contributed by atoms with E-state index in [-0.39, 0.29) is 10.6 Å². The van der Waals surface area contributed by atoms with Gasteiger partial charge in [-0.3, -0.25) is 15.0 Å². The molecule has 0 amide bonds. The van der Waals surface area contributed by atoms with Gasteiger partial charge in [-0.05, 0) is 18.2 Å². The number of piperazine rings is 1. The smallest absolute Gasteiger partial charge is 0.270 e. The maximum absolute atomic E-state index is 13.0. The Labute approximate surface area is 190 Å². The molecule has 0 N–H and O–H groups in total. The molecule has 0 aliphatic carbocycles. The maximum atomic E-state index is 13.0. The molecule has 2 heterocycles. The Morgan fingerprint density at radius 3 is 2.59 bits per heavy atom. The highest BCUT2D eigenvalue weighted by molar-refractivity contribution is 7.99. The third-order valence-corrected chi connectivity index (χ3v) is 8.16. The van der Waals surface area contributed by atoms with E-state index in [9.17, 15) is 18.5 Å². The number of imidazole rings is 1. The first-order chi connectivity index (χ1) is 15.4. The topological polar surface area (TPSA) is 102 Å². The number of hydrogen-bond donors (Lipinski definition) is 0. The van der Waals surface area contributed by atoms with Crippen LogP contribution >= 0.6 is 11.8 Å². The zero-order valence-corrected chi connectivity index (χ0v) is 19.0. The Bertz CT molecular complexity index is 1250. The van der Waals surface area contributed by atoms with E-state index in [0.717, 1.165) is 28.0 Å². The molecule has 1 aliphatic rings. The molecule has 0 radical (unpaired) electrons. The second kappa shape index (κ2) is 9.41. The highest BCUT2D eigenvalue weighted by atomic mass is 32.2. The Morgan fingerprint density at radius 1 is 1.12 bits per heavy atom. The van der Waals surface area contributed by atoms with Crippen LogP contribution in [0.25, 0.3) is 11.0 Å². The molecule has 1 aromatic heterocycles. The number of nitro benzene ring substituents is 1. The lowest BCUT2D eigenvalue weighted by molar-refractivity contribution is -0.385. The molecule has 168 valence electrons. The predicted molar refractivity (Wildman–Crippen MR) is 124 cm³/mol. The van der Waals surface area contributed by atoms with Crippen LogP contribution in [0.3, 0.4) is 0 Å². The summed E-state index contributed by atoms with van der Waals surface area (Å²) < 4.78 is 29.5. The summed E-state index contributed by atoms with van der Waals surface area (Å²) in [4.78, 5) is 17.3. The summed E-state index contributed by atoms with van der Waals surface area (Å²) in [5.41, 5.74) is 1.72. The Morgan fingerprint density at radius 2 is 1.88 bits per heavy atom. The largest absolute Gasteiger partial charge is 0.305 e. The van der Waals surface area contributed by atoms with Crippen LogP contribution in [-0.2, 0) is 16.7 Å². The minimum Gasteiger partial charge on any atom is -0.305 e. The molecule has 4 rings (SSSR count). The van der Waals surface area contributed by atoms with Gasteiger partial charge in [0.05, 0.1) is 27.5 Å².